The molecule has 0 saturated carbocycles. The van der Waals surface area contributed by atoms with E-state index in [4.69, 9.17) is 4.74 Å². The molecule has 1 aromatic carbocycles. The highest BCUT2D eigenvalue weighted by Gasteiger charge is 2.26. The van der Waals surface area contributed by atoms with Crippen LogP contribution >= 0.6 is 12.4 Å². The largest absolute Gasteiger partial charge is 0.381 e. The third kappa shape index (κ3) is 5.31. The number of anilines is 1. The second-order valence-electron chi connectivity index (χ2n) is 9.46. The molecule has 0 aromatic heterocycles. The van der Waals surface area contributed by atoms with Gasteiger partial charge in [0.2, 0.25) is 0 Å². The molecular weight excluding hydrogens is 368 g/mol. The highest BCUT2D eigenvalue weighted by atomic mass is 35.5. The van der Waals surface area contributed by atoms with Crippen molar-refractivity contribution in [3.05, 3.63) is 35.9 Å². The Kier molecular flexibility index (Phi) is 7.47. The summed E-state index contributed by atoms with van der Waals surface area (Å²) < 4.78 is 5.52. The van der Waals surface area contributed by atoms with Gasteiger partial charge in [0.05, 0.1) is 0 Å². The molecule has 3 nitrogen and oxygen atoms in total. The molecule has 1 aromatic rings. The summed E-state index contributed by atoms with van der Waals surface area (Å²) in [5.74, 6) is 0.841. The number of para-hydroxylation sites is 1. The van der Waals surface area contributed by atoms with Crippen LogP contribution in [0.4, 0.5) is 5.69 Å². The van der Waals surface area contributed by atoms with Crippen molar-refractivity contribution < 1.29 is 4.74 Å². The first-order valence-electron chi connectivity index (χ1n) is 10.9. The first kappa shape index (κ1) is 21.7. The van der Waals surface area contributed by atoms with E-state index in [0.29, 0.717) is 5.41 Å². The van der Waals surface area contributed by atoms with E-state index >= 15 is 0 Å². The number of benzene rings is 1. The van der Waals surface area contributed by atoms with Gasteiger partial charge in [0, 0.05) is 57.2 Å². The number of halogens is 1. The Labute approximate surface area is 177 Å². The van der Waals surface area contributed by atoms with E-state index in [9.17, 15) is 0 Å². The lowest BCUT2D eigenvalue weighted by Gasteiger charge is -2.39. The minimum atomic E-state index is 0. The number of hydrogen-bond acceptors (Lipinski definition) is 3. The maximum atomic E-state index is 5.52. The second kappa shape index (κ2) is 9.65. The number of rotatable bonds is 4. The molecule has 0 spiro atoms. The molecule has 0 radical (unpaired) electrons. The molecule has 2 heterocycles. The first-order chi connectivity index (χ1) is 13.1. The van der Waals surface area contributed by atoms with Crippen LogP contribution in [0.1, 0.15) is 51.5 Å². The molecule has 3 aliphatic rings. The molecule has 4 rings (SSSR count). The molecule has 0 unspecified atom stereocenters. The zero-order valence-corrected chi connectivity index (χ0v) is 18.5. The number of allylic oxidation sites excluding steroid dienone is 2. The summed E-state index contributed by atoms with van der Waals surface area (Å²) in [4.78, 5) is 5.30. The third-order valence-corrected chi connectivity index (χ3v) is 6.79. The van der Waals surface area contributed by atoms with E-state index in [0.717, 1.165) is 32.2 Å². The Morgan fingerprint density at radius 2 is 1.75 bits per heavy atom. The van der Waals surface area contributed by atoms with Gasteiger partial charge in [-0.15, -0.1) is 12.4 Å². The normalized spacial score (nSPS) is 23.8. The number of hydrogen-bond donors (Lipinski definition) is 0. The van der Waals surface area contributed by atoms with Gasteiger partial charge in [0.25, 0.3) is 0 Å². The van der Waals surface area contributed by atoms with Crippen molar-refractivity contribution in [1.29, 1.82) is 0 Å². The van der Waals surface area contributed by atoms with Crippen LogP contribution in [0.3, 0.4) is 0 Å². The Hall–Kier alpha value is -1.03. The fraction of sp³-hybridized carbons (Fsp3) is 0.667. The summed E-state index contributed by atoms with van der Waals surface area (Å²) in [6.45, 7) is 12.7. The van der Waals surface area contributed by atoms with Gasteiger partial charge < -0.3 is 9.64 Å². The Morgan fingerprint density at radius 1 is 1.04 bits per heavy atom. The van der Waals surface area contributed by atoms with Crippen molar-refractivity contribution in [3.8, 4) is 0 Å². The second-order valence-corrected chi connectivity index (χ2v) is 9.46. The maximum absolute atomic E-state index is 5.52. The van der Waals surface area contributed by atoms with Gasteiger partial charge in [-0.25, -0.2) is 0 Å². The van der Waals surface area contributed by atoms with Crippen LogP contribution in [0.2, 0.25) is 0 Å². The lowest BCUT2D eigenvalue weighted by Crippen LogP contribution is -2.48. The fourth-order valence-electron chi connectivity index (χ4n) is 4.81. The molecule has 2 aliphatic heterocycles. The first-order valence-corrected chi connectivity index (χ1v) is 10.9. The van der Waals surface area contributed by atoms with Crippen molar-refractivity contribution in [2.45, 2.75) is 46.0 Å². The number of ether oxygens (including phenoxy) is 1. The van der Waals surface area contributed by atoms with Crippen molar-refractivity contribution in [3.63, 3.8) is 0 Å². The van der Waals surface area contributed by atoms with Crippen LogP contribution in [0.25, 0.3) is 5.57 Å². The van der Waals surface area contributed by atoms with Gasteiger partial charge in [-0.1, -0.05) is 38.1 Å². The number of piperazine rings is 1. The SMILES string of the molecule is CC1(C)CC=C(c2ccccc2N2CCN(CC3CCOCC3)CC2)CC1.Cl. The van der Waals surface area contributed by atoms with Gasteiger partial charge in [-0.3, -0.25) is 4.90 Å². The van der Waals surface area contributed by atoms with Crippen LogP contribution in [0.5, 0.6) is 0 Å². The molecule has 28 heavy (non-hydrogen) atoms. The molecule has 4 heteroatoms. The zero-order chi connectivity index (χ0) is 18.7. The molecule has 2 saturated heterocycles. The summed E-state index contributed by atoms with van der Waals surface area (Å²) in [5.41, 5.74) is 4.96. The van der Waals surface area contributed by atoms with E-state index < -0.39 is 0 Å². The minimum Gasteiger partial charge on any atom is -0.381 e. The van der Waals surface area contributed by atoms with Crippen molar-refractivity contribution in [2.24, 2.45) is 11.3 Å². The quantitative estimate of drug-likeness (QED) is 0.681. The van der Waals surface area contributed by atoms with Gasteiger partial charge in [-0.2, -0.15) is 0 Å². The van der Waals surface area contributed by atoms with E-state index in [1.165, 1.54) is 63.0 Å². The highest BCUT2D eigenvalue weighted by Crippen LogP contribution is 2.40. The third-order valence-electron chi connectivity index (χ3n) is 6.79. The lowest BCUT2D eigenvalue weighted by atomic mass is 9.77. The fourth-order valence-corrected chi connectivity index (χ4v) is 4.81. The van der Waals surface area contributed by atoms with Gasteiger partial charge >= 0.3 is 0 Å². The molecule has 0 atom stereocenters. The maximum Gasteiger partial charge on any atom is 0.0469 e. The van der Waals surface area contributed by atoms with E-state index in [2.05, 4.69) is 54.0 Å². The van der Waals surface area contributed by atoms with Gasteiger partial charge in [-0.05, 0) is 55.1 Å². The molecule has 0 bridgehead atoms. The summed E-state index contributed by atoms with van der Waals surface area (Å²) in [7, 11) is 0. The summed E-state index contributed by atoms with van der Waals surface area (Å²) in [6, 6.07) is 9.10. The smallest absolute Gasteiger partial charge is 0.0469 e. The average molecular weight is 405 g/mol. The minimum absolute atomic E-state index is 0. The highest BCUT2D eigenvalue weighted by molar-refractivity contribution is 5.85. The van der Waals surface area contributed by atoms with E-state index in [1.807, 2.05) is 0 Å². The van der Waals surface area contributed by atoms with Gasteiger partial charge in [0.15, 0.2) is 0 Å². The molecule has 0 N–H and O–H groups in total. The molecule has 2 fully saturated rings. The van der Waals surface area contributed by atoms with Crippen molar-refractivity contribution in [2.75, 3.05) is 50.8 Å². The van der Waals surface area contributed by atoms with E-state index in [1.54, 1.807) is 5.57 Å². The topological polar surface area (TPSA) is 15.7 Å². The van der Waals surface area contributed by atoms with Crippen LogP contribution in [-0.4, -0.2) is 50.8 Å². The van der Waals surface area contributed by atoms with E-state index in [-0.39, 0.29) is 12.4 Å². The van der Waals surface area contributed by atoms with Crippen LogP contribution in [-0.2, 0) is 4.74 Å². The predicted molar refractivity (Wildman–Crippen MR) is 121 cm³/mol. The Bertz CT molecular complexity index is 658. The average Bonchev–Trinajstić information content (AvgIpc) is 2.70. The Morgan fingerprint density at radius 3 is 2.43 bits per heavy atom. The lowest BCUT2D eigenvalue weighted by molar-refractivity contribution is 0.0517. The molecular formula is C24H37ClN2O. The monoisotopic (exact) mass is 404 g/mol. The molecule has 156 valence electrons. The summed E-state index contributed by atoms with van der Waals surface area (Å²) >= 11 is 0. The van der Waals surface area contributed by atoms with Crippen molar-refractivity contribution in [1.82, 2.24) is 4.90 Å². The zero-order valence-electron chi connectivity index (χ0n) is 17.7. The van der Waals surface area contributed by atoms with Crippen LogP contribution in [0.15, 0.2) is 30.3 Å². The molecule has 1 aliphatic carbocycles. The van der Waals surface area contributed by atoms with Crippen LogP contribution in [0, 0.1) is 11.3 Å². The van der Waals surface area contributed by atoms with Crippen molar-refractivity contribution >= 4 is 23.7 Å². The predicted octanol–water partition coefficient (Wildman–Crippen LogP) is 5.25. The van der Waals surface area contributed by atoms with Crippen LogP contribution < -0.4 is 4.90 Å². The Balaban J connectivity index is 0.00000225. The van der Waals surface area contributed by atoms with Gasteiger partial charge in [0.1, 0.15) is 0 Å². The summed E-state index contributed by atoms with van der Waals surface area (Å²) in [5, 5.41) is 0. The summed E-state index contributed by atoms with van der Waals surface area (Å²) in [6.07, 6.45) is 8.71. The molecule has 0 amide bonds. The standard InChI is InChI=1S/C24H36N2O.ClH/c1-24(2)11-7-21(8-12-24)22-5-3-4-6-23(22)26-15-13-25(14-16-26)19-20-9-17-27-18-10-20;/h3-7,20H,8-19H2,1-2H3;1H. The number of nitrogens with zero attached hydrogens (tertiary/aromatic N) is 2.